The number of allylic oxidation sites excluding steroid dienone is 2. The van der Waals surface area contributed by atoms with Gasteiger partial charge in [0.1, 0.15) is 5.60 Å². The van der Waals surface area contributed by atoms with Gasteiger partial charge in [0, 0.05) is 44.1 Å². The highest BCUT2D eigenvalue weighted by molar-refractivity contribution is 5.92. The van der Waals surface area contributed by atoms with Gasteiger partial charge in [0.15, 0.2) is 0 Å². The summed E-state index contributed by atoms with van der Waals surface area (Å²) < 4.78 is 5.79. The van der Waals surface area contributed by atoms with Gasteiger partial charge in [0.25, 0.3) is 0 Å². The van der Waals surface area contributed by atoms with Crippen LogP contribution < -0.4 is 4.90 Å². The van der Waals surface area contributed by atoms with E-state index >= 15 is 0 Å². The molecule has 1 unspecified atom stereocenters. The highest BCUT2D eigenvalue weighted by Crippen LogP contribution is 2.36. The van der Waals surface area contributed by atoms with Crippen molar-refractivity contribution in [1.82, 2.24) is 4.90 Å². The molecule has 0 radical (unpaired) electrons. The second-order valence-corrected chi connectivity index (χ2v) is 8.92. The smallest absolute Gasteiger partial charge is 0.337 e. The first-order valence-electron chi connectivity index (χ1n) is 10.4. The molecule has 2 aromatic carbocycles. The monoisotopic (exact) mass is 404 g/mol. The van der Waals surface area contributed by atoms with Crippen LogP contribution in [0.25, 0.3) is 0 Å². The molecule has 1 aliphatic heterocycles. The van der Waals surface area contributed by atoms with E-state index in [1.165, 1.54) is 5.56 Å². The van der Waals surface area contributed by atoms with Crippen LogP contribution in [-0.2, 0) is 16.1 Å². The van der Waals surface area contributed by atoms with Gasteiger partial charge in [-0.05, 0) is 51.0 Å². The average Bonchev–Trinajstić information content (AvgIpc) is 2.69. The van der Waals surface area contributed by atoms with Crippen molar-refractivity contribution in [3.63, 3.8) is 0 Å². The lowest BCUT2D eigenvalue weighted by Crippen LogP contribution is -2.31. The van der Waals surface area contributed by atoms with E-state index in [1.807, 2.05) is 60.0 Å². The zero-order valence-electron chi connectivity index (χ0n) is 18.8. The van der Waals surface area contributed by atoms with Crippen LogP contribution in [0.15, 0.2) is 78.1 Å². The quantitative estimate of drug-likeness (QED) is 0.618. The largest absolute Gasteiger partial charge is 0.457 e. The first-order valence-corrected chi connectivity index (χ1v) is 10.4. The second-order valence-electron chi connectivity index (χ2n) is 8.92. The fourth-order valence-corrected chi connectivity index (χ4v) is 3.59. The summed E-state index contributed by atoms with van der Waals surface area (Å²) in [6.07, 6.45) is 4.18. The minimum Gasteiger partial charge on any atom is -0.457 e. The number of carbonyl (C=O) groups excluding carboxylic acids is 1. The molecule has 0 fully saturated rings. The Kier molecular flexibility index (Phi) is 6.35. The molecule has 0 amide bonds. The van der Waals surface area contributed by atoms with Crippen LogP contribution in [0.3, 0.4) is 0 Å². The SMILES string of the molecule is CC1=C(C(=O)OC(C)(C)C)C(c2ccc(N(C)C)cc2)C=CN1Cc1ccccc1. The van der Waals surface area contributed by atoms with E-state index in [2.05, 4.69) is 58.5 Å². The summed E-state index contributed by atoms with van der Waals surface area (Å²) in [5, 5.41) is 0. The number of nitrogens with zero attached hydrogens (tertiary/aromatic N) is 2. The van der Waals surface area contributed by atoms with Gasteiger partial charge in [-0.2, -0.15) is 0 Å². The fraction of sp³-hybridized carbons (Fsp3) is 0.346. The van der Waals surface area contributed by atoms with Crippen LogP contribution in [0.4, 0.5) is 5.69 Å². The topological polar surface area (TPSA) is 32.8 Å². The van der Waals surface area contributed by atoms with E-state index in [4.69, 9.17) is 4.74 Å². The molecule has 4 nitrogen and oxygen atoms in total. The zero-order chi connectivity index (χ0) is 21.9. The van der Waals surface area contributed by atoms with Crippen molar-refractivity contribution in [2.75, 3.05) is 19.0 Å². The van der Waals surface area contributed by atoms with E-state index in [9.17, 15) is 4.79 Å². The van der Waals surface area contributed by atoms with Crippen molar-refractivity contribution in [2.24, 2.45) is 0 Å². The Morgan fingerprint density at radius 2 is 1.67 bits per heavy atom. The van der Waals surface area contributed by atoms with Crippen molar-refractivity contribution < 1.29 is 9.53 Å². The summed E-state index contributed by atoms with van der Waals surface area (Å²) >= 11 is 0. The Bertz CT molecular complexity index is 935. The maximum Gasteiger partial charge on any atom is 0.337 e. The number of ether oxygens (including phenoxy) is 1. The minimum absolute atomic E-state index is 0.136. The Labute approximate surface area is 180 Å². The normalized spacial score (nSPS) is 16.6. The summed E-state index contributed by atoms with van der Waals surface area (Å²) in [5.41, 5.74) is 4.48. The van der Waals surface area contributed by atoms with Gasteiger partial charge in [-0.25, -0.2) is 4.79 Å². The third kappa shape index (κ3) is 5.12. The van der Waals surface area contributed by atoms with Gasteiger partial charge in [-0.1, -0.05) is 48.5 Å². The molecule has 1 atom stereocenters. The van der Waals surface area contributed by atoms with Crippen LogP contribution in [0.2, 0.25) is 0 Å². The fourth-order valence-electron chi connectivity index (χ4n) is 3.59. The third-order valence-corrected chi connectivity index (χ3v) is 5.17. The summed E-state index contributed by atoms with van der Waals surface area (Å²) in [7, 11) is 4.04. The molecule has 0 saturated heterocycles. The first kappa shape index (κ1) is 21.7. The maximum absolute atomic E-state index is 13.2. The van der Waals surface area contributed by atoms with E-state index < -0.39 is 5.60 Å². The Morgan fingerprint density at radius 1 is 1.03 bits per heavy atom. The molecule has 158 valence electrons. The zero-order valence-corrected chi connectivity index (χ0v) is 18.8. The molecule has 0 N–H and O–H groups in total. The van der Waals surface area contributed by atoms with E-state index in [1.54, 1.807) is 0 Å². The lowest BCUT2D eigenvalue weighted by atomic mass is 9.87. The highest BCUT2D eigenvalue weighted by atomic mass is 16.6. The van der Waals surface area contributed by atoms with Crippen molar-refractivity contribution in [1.29, 1.82) is 0 Å². The van der Waals surface area contributed by atoms with Crippen LogP contribution in [0.5, 0.6) is 0 Å². The van der Waals surface area contributed by atoms with Crippen LogP contribution >= 0.6 is 0 Å². The summed E-state index contributed by atoms with van der Waals surface area (Å²) in [6.45, 7) is 8.43. The van der Waals surface area contributed by atoms with Crippen molar-refractivity contribution in [2.45, 2.75) is 45.8 Å². The Morgan fingerprint density at radius 3 is 2.23 bits per heavy atom. The maximum atomic E-state index is 13.2. The predicted molar refractivity (Wildman–Crippen MR) is 123 cm³/mol. The van der Waals surface area contributed by atoms with Crippen molar-refractivity contribution in [3.8, 4) is 0 Å². The number of rotatable bonds is 5. The molecule has 0 saturated carbocycles. The third-order valence-electron chi connectivity index (χ3n) is 5.17. The van der Waals surface area contributed by atoms with Gasteiger partial charge in [-0.3, -0.25) is 0 Å². The number of benzene rings is 2. The number of hydrogen-bond acceptors (Lipinski definition) is 4. The highest BCUT2D eigenvalue weighted by Gasteiger charge is 2.31. The molecular formula is C26H32N2O2. The van der Waals surface area contributed by atoms with E-state index in [0.29, 0.717) is 12.1 Å². The summed E-state index contributed by atoms with van der Waals surface area (Å²) in [5.74, 6) is -0.396. The van der Waals surface area contributed by atoms with Crippen molar-refractivity contribution >= 4 is 11.7 Å². The second kappa shape index (κ2) is 8.78. The van der Waals surface area contributed by atoms with Crippen LogP contribution in [0.1, 0.15) is 44.7 Å². The Balaban J connectivity index is 1.97. The van der Waals surface area contributed by atoms with E-state index in [0.717, 1.165) is 16.9 Å². The average molecular weight is 405 g/mol. The molecule has 1 aliphatic rings. The van der Waals surface area contributed by atoms with Crippen molar-refractivity contribution in [3.05, 3.63) is 89.3 Å². The molecule has 0 spiro atoms. The molecule has 0 aliphatic carbocycles. The molecule has 3 rings (SSSR count). The molecule has 4 heteroatoms. The standard InChI is InChI=1S/C26H32N2O2/c1-19-24(25(29)30-26(2,3)4)23(21-12-14-22(15-13-21)27(5)6)16-17-28(19)18-20-10-8-7-9-11-20/h7-17,23H,18H2,1-6H3. The lowest BCUT2D eigenvalue weighted by Gasteiger charge is -2.33. The summed E-state index contributed by atoms with van der Waals surface area (Å²) in [4.78, 5) is 17.4. The van der Waals surface area contributed by atoms with Gasteiger partial charge >= 0.3 is 5.97 Å². The lowest BCUT2D eigenvalue weighted by molar-refractivity contribution is -0.150. The molecule has 0 bridgehead atoms. The van der Waals surface area contributed by atoms with Crippen LogP contribution in [-0.4, -0.2) is 30.6 Å². The van der Waals surface area contributed by atoms with Gasteiger partial charge in [0.05, 0.1) is 5.57 Å². The van der Waals surface area contributed by atoms with Gasteiger partial charge in [0.2, 0.25) is 0 Å². The van der Waals surface area contributed by atoms with E-state index in [-0.39, 0.29) is 11.9 Å². The molecular weight excluding hydrogens is 372 g/mol. The number of anilines is 1. The number of carbonyl (C=O) groups is 1. The van der Waals surface area contributed by atoms with Crippen LogP contribution in [0, 0.1) is 0 Å². The van der Waals surface area contributed by atoms with Gasteiger partial charge in [-0.15, -0.1) is 0 Å². The Hall–Kier alpha value is -3.01. The molecule has 0 aromatic heterocycles. The minimum atomic E-state index is -0.547. The first-order chi connectivity index (χ1) is 14.2. The molecule has 30 heavy (non-hydrogen) atoms. The molecule has 2 aromatic rings. The predicted octanol–water partition coefficient (Wildman–Crippen LogP) is 5.48. The number of esters is 1. The van der Waals surface area contributed by atoms with Gasteiger partial charge < -0.3 is 14.5 Å². The molecule has 1 heterocycles. The number of hydrogen-bond donors (Lipinski definition) is 0. The summed E-state index contributed by atoms with van der Waals surface area (Å²) in [6, 6.07) is 18.6.